The van der Waals surface area contributed by atoms with Gasteiger partial charge in [0, 0.05) is 25.6 Å². The highest BCUT2D eigenvalue weighted by atomic mass is 32.1. The molecule has 0 spiro atoms. The van der Waals surface area contributed by atoms with Crippen LogP contribution in [0.1, 0.15) is 31.2 Å². The molecule has 0 radical (unpaired) electrons. The predicted molar refractivity (Wildman–Crippen MR) is 82.1 cm³/mol. The number of nitrogens with zero attached hydrogens (tertiary/aromatic N) is 3. The van der Waals surface area contributed by atoms with Crippen molar-refractivity contribution >= 4 is 17.3 Å². The van der Waals surface area contributed by atoms with E-state index < -0.39 is 0 Å². The molecule has 1 aliphatic rings. The summed E-state index contributed by atoms with van der Waals surface area (Å²) in [6.07, 6.45) is 3.09. The van der Waals surface area contributed by atoms with Crippen LogP contribution in [-0.2, 0) is 6.42 Å². The van der Waals surface area contributed by atoms with Gasteiger partial charge >= 0.3 is 0 Å². The fourth-order valence-electron chi connectivity index (χ4n) is 2.72. The molecule has 1 saturated heterocycles. The highest BCUT2D eigenvalue weighted by Crippen LogP contribution is 2.22. The van der Waals surface area contributed by atoms with Crippen LogP contribution < -0.4 is 10.6 Å². The van der Waals surface area contributed by atoms with Crippen LogP contribution in [-0.4, -0.2) is 34.3 Å². The molecule has 5 nitrogen and oxygen atoms in total. The van der Waals surface area contributed by atoms with E-state index in [1.165, 1.54) is 5.56 Å². The maximum absolute atomic E-state index is 5.98. The van der Waals surface area contributed by atoms with Gasteiger partial charge in [-0.3, -0.25) is 5.10 Å². The molecule has 20 heavy (non-hydrogen) atoms. The van der Waals surface area contributed by atoms with Crippen molar-refractivity contribution in [3.8, 4) is 0 Å². The van der Waals surface area contributed by atoms with Crippen LogP contribution in [0.15, 0.2) is 16.8 Å². The number of nitrogens with two attached hydrogens (primary N) is 1. The third kappa shape index (κ3) is 3.02. The normalized spacial score (nSPS) is 18.4. The van der Waals surface area contributed by atoms with Crippen molar-refractivity contribution in [3.63, 3.8) is 0 Å². The second kappa shape index (κ2) is 5.93. The van der Waals surface area contributed by atoms with Crippen molar-refractivity contribution in [3.05, 3.63) is 28.2 Å². The largest absolute Gasteiger partial charge is 0.340 e. The first-order valence-electron chi connectivity index (χ1n) is 7.15. The quantitative estimate of drug-likeness (QED) is 0.904. The minimum absolute atomic E-state index is 0.290. The molecule has 0 aliphatic carbocycles. The van der Waals surface area contributed by atoms with E-state index in [0.717, 1.165) is 44.1 Å². The second-order valence-electron chi connectivity index (χ2n) is 5.57. The van der Waals surface area contributed by atoms with E-state index in [-0.39, 0.29) is 0 Å². The number of rotatable bonds is 4. The van der Waals surface area contributed by atoms with Gasteiger partial charge < -0.3 is 10.6 Å². The summed E-state index contributed by atoms with van der Waals surface area (Å²) in [7, 11) is 0. The van der Waals surface area contributed by atoms with Gasteiger partial charge in [0.2, 0.25) is 5.95 Å². The summed E-state index contributed by atoms with van der Waals surface area (Å²) < 4.78 is 0. The van der Waals surface area contributed by atoms with E-state index in [9.17, 15) is 0 Å². The van der Waals surface area contributed by atoms with Gasteiger partial charge in [0.15, 0.2) is 0 Å². The van der Waals surface area contributed by atoms with E-state index >= 15 is 0 Å². The number of aromatic amines is 1. The molecular formula is C14H21N5S. The summed E-state index contributed by atoms with van der Waals surface area (Å²) in [6.45, 7) is 4.11. The first-order chi connectivity index (χ1) is 9.72. The smallest absolute Gasteiger partial charge is 0.244 e. The molecule has 0 saturated carbocycles. The second-order valence-corrected chi connectivity index (χ2v) is 6.35. The lowest BCUT2D eigenvalue weighted by atomic mass is 9.91. The maximum Gasteiger partial charge on any atom is 0.244 e. The minimum atomic E-state index is 0.290. The molecule has 2 aromatic rings. The molecule has 6 heteroatoms. The number of aromatic nitrogens is 3. The van der Waals surface area contributed by atoms with E-state index in [1.807, 2.05) is 0 Å². The number of hydrogen-bond acceptors (Lipinski definition) is 5. The topological polar surface area (TPSA) is 70.8 Å². The SMILES string of the molecule is CC(N)C1CCN(c2n[nH]c(Cc3ccsc3)n2)CC1. The van der Waals surface area contributed by atoms with Gasteiger partial charge in [-0.2, -0.15) is 16.3 Å². The Hall–Kier alpha value is -1.40. The standard InChI is InChI=1S/C14H21N5S/c1-10(15)12-2-5-19(6-3-12)14-16-13(17-18-14)8-11-4-7-20-9-11/h4,7,9-10,12H,2-3,5-6,8,15H2,1H3,(H,16,17,18). The summed E-state index contributed by atoms with van der Waals surface area (Å²) in [4.78, 5) is 6.87. The van der Waals surface area contributed by atoms with Crippen molar-refractivity contribution in [2.24, 2.45) is 11.7 Å². The number of anilines is 1. The van der Waals surface area contributed by atoms with Gasteiger partial charge in [-0.05, 0) is 48.1 Å². The van der Waals surface area contributed by atoms with Crippen molar-refractivity contribution < 1.29 is 0 Å². The van der Waals surface area contributed by atoms with Gasteiger partial charge in [-0.15, -0.1) is 5.10 Å². The fourth-order valence-corrected chi connectivity index (χ4v) is 3.39. The molecular weight excluding hydrogens is 270 g/mol. The van der Waals surface area contributed by atoms with Gasteiger partial charge in [0.1, 0.15) is 5.82 Å². The number of hydrogen-bond donors (Lipinski definition) is 2. The molecule has 3 N–H and O–H groups in total. The highest BCUT2D eigenvalue weighted by Gasteiger charge is 2.23. The Morgan fingerprint density at radius 3 is 2.95 bits per heavy atom. The summed E-state index contributed by atoms with van der Waals surface area (Å²) >= 11 is 1.71. The molecule has 0 bridgehead atoms. The third-order valence-corrected chi connectivity index (χ3v) is 4.77. The molecule has 0 amide bonds. The maximum atomic E-state index is 5.98. The van der Waals surface area contributed by atoms with Gasteiger partial charge in [-0.25, -0.2) is 0 Å². The van der Waals surface area contributed by atoms with Gasteiger partial charge in [-0.1, -0.05) is 0 Å². The van der Waals surface area contributed by atoms with E-state index in [1.54, 1.807) is 11.3 Å². The van der Waals surface area contributed by atoms with Crippen LogP contribution in [0.2, 0.25) is 0 Å². The summed E-state index contributed by atoms with van der Waals surface area (Å²) in [5.41, 5.74) is 7.26. The Morgan fingerprint density at radius 1 is 1.50 bits per heavy atom. The summed E-state index contributed by atoms with van der Waals surface area (Å²) in [5, 5.41) is 11.6. The van der Waals surface area contributed by atoms with Crippen LogP contribution in [0, 0.1) is 5.92 Å². The number of nitrogens with one attached hydrogen (secondary N) is 1. The molecule has 1 fully saturated rings. The molecule has 108 valence electrons. The lowest BCUT2D eigenvalue weighted by Crippen LogP contribution is -2.40. The Morgan fingerprint density at radius 2 is 2.30 bits per heavy atom. The molecule has 3 heterocycles. The van der Waals surface area contributed by atoms with Crippen LogP contribution in [0.25, 0.3) is 0 Å². The Labute approximate surface area is 123 Å². The number of thiophene rings is 1. The fraction of sp³-hybridized carbons (Fsp3) is 0.571. The number of piperidine rings is 1. The monoisotopic (exact) mass is 291 g/mol. The average molecular weight is 291 g/mol. The zero-order valence-electron chi connectivity index (χ0n) is 11.7. The van der Waals surface area contributed by atoms with E-state index in [4.69, 9.17) is 5.73 Å². The van der Waals surface area contributed by atoms with Gasteiger partial charge in [0.25, 0.3) is 0 Å². The zero-order chi connectivity index (χ0) is 13.9. The number of H-pyrrole nitrogens is 1. The van der Waals surface area contributed by atoms with Crippen LogP contribution in [0.3, 0.4) is 0 Å². The molecule has 1 atom stereocenters. The molecule has 1 unspecified atom stereocenters. The highest BCUT2D eigenvalue weighted by molar-refractivity contribution is 7.07. The Balaban J connectivity index is 1.60. The van der Waals surface area contributed by atoms with Crippen LogP contribution in [0.4, 0.5) is 5.95 Å². The van der Waals surface area contributed by atoms with E-state index in [0.29, 0.717) is 12.0 Å². The van der Waals surface area contributed by atoms with Crippen molar-refractivity contribution in [1.29, 1.82) is 0 Å². The van der Waals surface area contributed by atoms with Crippen LogP contribution >= 0.6 is 11.3 Å². The first-order valence-corrected chi connectivity index (χ1v) is 8.09. The van der Waals surface area contributed by atoms with Gasteiger partial charge in [0.05, 0.1) is 0 Å². The van der Waals surface area contributed by atoms with Crippen molar-refractivity contribution in [1.82, 2.24) is 15.2 Å². The minimum Gasteiger partial charge on any atom is -0.340 e. The third-order valence-electron chi connectivity index (χ3n) is 4.04. The predicted octanol–water partition coefficient (Wildman–Crippen LogP) is 2.02. The Bertz CT molecular complexity index is 526. The lowest BCUT2D eigenvalue weighted by molar-refractivity contribution is 0.352. The lowest BCUT2D eigenvalue weighted by Gasteiger charge is -2.32. The van der Waals surface area contributed by atoms with E-state index in [2.05, 4.69) is 43.8 Å². The molecule has 1 aliphatic heterocycles. The average Bonchev–Trinajstić information content (AvgIpc) is 3.11. The summed E-state index contributed by atoms with van der Waals surface area (Å²) in [6, 6.07) is 2.42. The van der Waals surface area contributed by atoms with Crippen molar-refractivity contribution in [2.75, 3.05) is 18.0 Å². The first kappa shape index (κ1) is 13.6. The Kier molecular flexibility index (Phi) is 4.03. The summed E-state index contributed by atoms with van der Waals surface area (Å²) in [5.74, 6) is 2.40. The molecule has 2 aromatic heterocycles. The molecule has 0 aromatic carbocycles. The molecule has 3 rings (SSSR count). The zero-order valence-corrected chi connectivity index (χ0v) is 12.6. The van der Waals surface area contributed by atoms with Crippen molar-refractivity contribution in [2.45, 2.75) is 32.2 Å². The van der Waals surface area contributed by atoms with Crippen LogP contribution in [0.5, 0.6) is 0 Å².